The van der Waals surface area contributed by atoms with Gasteiger partial charge in [0.1, 0.15) is 0 Å². The summed E-state index contributed by atoms with van der Waals surface area (Å²) in [4.78, 5) is 0. The largest absolute Gasteiger partial charge is 0.407 e. The molecule has 0 aliphatic heterocycles. The zero-order valence-electron chi connectivity index (χ0n) is 7.73. The summed E-state index contributed by atoms with van der Waals surface area (Å²) in [5, 5.41) is 7.36. The average molecular weight is 217 g/mol. The lowest BCUT2D eigenvalue weighted by Gasteiger charge is -1.98. The molecule has 0 amide bonds. The first-order valence-electron chi connectivity index (χ1n) is 4.44. The van der Waals surface area contributed by atoms with E-state index in [1.54, 1.807) is 6.92 Å². The first-order chi connectivity index (χ1) is 6.61. The van der Waals surface area contributed by atoms with Crippen LogP contribution in [0.15, 0.2) is 4.42 Å². The number of nitrogens with one attached hydrogen (secondary N) is 1. The Morgan fingerprint density at radius 3 is 2.79 bits per heavy atom. The van der Waals surface area contributed by atoms with Gasteiger partial charge in [0.2, 0.25) is 15.9 Å². The second kappa shape index (κ2) is 3.23. The second-order valence-corrected chi connectivity index (χ2v) is 5.24. The fourth-order valence-electron chi connectivity index (χ4n) is 0.976. The summed E-state index contributed by atoms with van der Waals surface area (Å²) >= 11 is 0. The number of rotatable bonds is 4. The van der Waals surface area contributed by atoms with Crippen molar-refractivity contribution in [2.45, 2.75) is 25.7 Å². The van der Waals surface area contributed by atoms with E-state index in [1.807, 2.05) is 0 Å². The molecule has 0 bridgehead atoms. The highest BCUT2D eigenvalue weighted by atomic mass is 32.2. The lowest BCUT2D eigenvalue weighted by molar-refractivity contribution is 0.510. The first kappa shape index (κ1) is 9.45. The highest BCUT2D eigenvalue weighted by Crippen LogP contribution is 2.39. The van der Waals surface area contributed by atoms with Crippen molar-refractivity contribution in [1.29, 1.82) is 0 Å². The van der Waals surface area contributed by atoms with Gasteiger partial charge >= 0.3 is 6.01 Å². The third-order valence-electron chi connectivity index (χ3n) is 1.99. The van der Waals surface area contributed by atoms with Crippen LogP contribution in [0.3, 0.4) is 0 Å². The van der Waals surface area contributed by atoms with Crippen molar-refractivity contribution in [2.24, 2.45) is 0 Å². The number of nitrogens with zero attached hydrogens (tertiary/aromatic N) is 2. The van der Waals surface area contributed by atoms with Crippen LogP contribution < -0.4 is 4.72 Å². The summed E-state index contributed by atoms with van der Waals surface area (Å²) in [7, 11) is -3.31. The van der Waals surface area contributed by atoms with Gasteiger partial charge in [0.25, 0.3) is 0 Å². The Balaban J connectivity index is 2.09. The van der Waals surface area contributed by atoms with Gasteiger partial charge in [0, 0.05) is 5.92 Å². The van der Waals surface area contributed by atoms with Gasteiger partial charge in [0.05, 0.1) is 5.75 Å². The van der Waals surface area contributed by atoms with Gasteiger partial charge in [-0.3, -0.25) is 0 Å². The molecule has 7 heteroatoms. The SMILES string of the molecule is CCS(=O)(=O)Nc1nnc(C2CC2)o1. The smallest absolute Gasteiger partial charge is 0.329 e. The van der Waals surface area contributed by atoms with Crippen molar-refractivity contribution in [3.8, 4) is 0 Å². The third-order valence-corrected chi connectivity index (χ3v) is 3.24. The molecule has 2 rings (SSSR count). The van der Waals surface area contributed by atoms with Gasteiger partial charge < -0.3 is 4.42 Å². The van der Waals surface area contributed by atoms with Crippen LogP contribution in [0.2, 0.25) is 0 Å². The Labute approximate surface area is 81.8 Å². The predicted molar refractivity (Wildman–Crippen MR) is 49.4 cm³/mol. The molecule has 0 atom stereocenters. The Morgan fingerprint density at radius 1 is 1.50 bits per heavy atom. The van der Waals surface area contributed by atoms with E-state index in [9.17, 15) is 8.42 Å². The molecule has 1 aliphatic carbocycles. The molecule has 1 heterocycles. The molecule has 0 aromatic carbocycles. The zero-order valence-corrected chi connectivity index (χ0v) is 8.54. The molecule has 1 fully saturated rings. The van der Waals surface area contributed by atoms with Crippen LogP contribution in [-0.4, -0.2) is 24.4 Å². The number of aromatic nitrogens is 2. The van der Waals surface area contributed by atoms with Gasteiger partial charge in [0.15, 0.2) is 0 Å². The minimum Gasteiger partial charge on any atom is -0.407 e. The first-order valence-corrected chi connectivity index (χ1v) is 6.10. The molecule has 14 heavy (non-hydrogen) atoms. The maximum absolute atomic E-state index is 11.1. The number of hydrogen-bond acceptors (Lipinski definition) is 5. The number of hydrogen-bond donors (Lipinski definition) is 1. The third kappa shape index (κ3) is 2.03. The highest BCUT2D eigenvalue weighted by Gasteiger charge is 2.29. The van der Waals surface area contributed by atoms with Crippen LogP contribution in [0.1, 0.15) is 31.6 Å². The van der Waals surface area contributed by atoms with E-state index in [4.69, 9.17) is 4.42 Å². The summed E-state index contributed by atoms with van der Waals surface area (Å²) in [6.45, 7) is 1.54. The molecular weight excluding hydrogens is 206 g/mol. The highest BCUT2D eigenvalue weighted by molar-refractivity contribution is 7.92. The Morgan fingerprint density at radius 2 is 2.21 bits per heavy atom. The van der Waals surface area contributed by atoms with Crippen molar-refractivity contribution < 1.29 is 12.8 Å². The molecule has 1 aromatic heterocycles. The normalized spacial score (nSPS) is 16.9. The molecule has 0 radical (unpaired) electrons. The van der Waals surface area contributed by atoms with Gasteiger partial charge in [-0.15, -0.1) is 5.10 Å². The molecule has 0 spiro atoms. The Bertz CT molecular complexity index is 421. The Kier molecular flexibility index (Phi) is 2.18. The molecule has 78 valence electrons. The molecule has 1 aliphatic rings. The van der Waals surface area contributed by atoms with Gasteiger partial charge in [-0.05, 0) is 19.8 Å². The number of anilines is 1. The number of sulfonamides is 1. The van der Waals surface area contributed by atoms with Gasteiger partial charge in [-0.2, -0.15) is 0 Å². The molecule has 1 N–H and O–H groups in total. The van der Waals surface area contributed by atoms with E-state index in [-0.39, 0.29) is 11.8 Å². The molecule has 1 aromatic rings. The maximum Gasteiger partial charge on any atom is 0.329 e. The summed E-state index contributed by atoms with van der Waals surface area (Å²) in [6.07, 6.45) is 2.09. The predicted octanol–water partition coefficient (Wildman–Crippen LogP) is 0.709. The van der Waals surface area contributed by atoms with Crippen molar-refractivity contribution in [1.82, 2.24) is 10.2 Å². The molecule has 6 nitrogen and oxygen atoms in total. The van der Waals surface area contributed by atoms with E-state index in [2.05, 4.69) is 14.9 Å². The minimum atomic E-state index is -3.31. The van der Waals surface area contributed by atoms with Crippen LogP contribution in [0, 0.1) is 0 Å². The van der Waals surface area contributed by atoms with E-state index < -0.39 is 10.0 Å². The van der Waals surface area contributed by atoms with Crippen LogP contribution in [0.5, 0.6) is 0 Å². The zero-order chi connectivity index (χ0) is 10.2. The fourth-order valence-corrected chi connectivity index (χ4v) is 1.47. The summed E-state index contributed by atoms with van der Waals surface area (Å²) in [5.41, 5.74) is 0. The maximum atomic E-state index is 11.1. The second-order valence-electron chi connectivity index (χ2n) is 3.23. The quantitative estimate of drug-likeness (QED) is 0.802. The summed E-state index contributed by atoms with van der Waals surface area (Å²) in [6, 6.07) is -0.0336. The average Bonchev–Trinajstić information content (AvgIpc) is 2.89. The van der Waals surface area contributed by atoms with Crippen LogP contribution >= 0.6 is 0 Å². The van der Waals surface area contributed by atoms with Gasteiger partial charge in [-0.1, -0.05) is 5.10 Å². The topological polar surface area (TPSA) is 85.1 Å². The standard InChI is InChI=1S/C7H11N3O3S/c1-2-14(11,12)10-7-9-8-6(13-7)5-3-4-5/h5H,2-4H2,1H3,(H,9,10). The minimum absolute atomic E-state index is 0.00581. The van der Waals surface area contributed by atoms with Crippen molar-refractivity contribution >= 4 is 16.0 Å². The van der Waals surface area contributed by atoms with Crippen LogP contribution in [0.25, 0.3) is 0 Å². The van der Waals surface area contributed by atoms with Crippen LogP contribution in [-0.2, 0) is 10.0 Å². The van der Waals surface area contributed by atoms with Gasteiger partial charge in [-0.25, -0.2) is 13.1 Å². The Hall–Kier alpha value is -1.11. The molecular formula is C7H11N3O3S. The van der Waals surface area contributed by atoms with E-state index in [1.165, 1.54) is 0 Å². The van der Waals surface area contributed by atoms with E-state index in [0.29, 0.717) is 11.8 Å². The lowest BCUT2D eigenvalue weighted by atomic mass is 10.4. The van der Waals surface area contributed by atoms with E-state index in [0.717, 1.165) is 12.8 Å². The molecule has 0 unspecified atom stereocenters. The summed E-state index contributed by atoms with van der Waals surface area (Å²) < 4.78 is 29.6. The van der Waals surface area contributed by atoms with E-state index >= 15 is 0 Å². The molecule has 0 saturated heterocycles. The monoisotopic (exact) mass is 217 g/mol. The molecule has 1 saturated carbocycles. The summed E-state index contributed by atoms with van der Waals surface area (Å²) in [5.74, 6) is 0.856. The van der Waals surface area contributed by atoms with Crippen molar-refractivity contribution in [3.05, 3.63) is 5.89 Å². The fraction of sp³-hybridized carbons (Fsp3) is 0.714. The van der Waals surface area contributed by atoms with Crippen LogP contribution in [0.4, 0.5) is 6.01 Å². The van der Waals surface area contributed by atoms with Crippen molar-refractivity contribution in [2.75, 3.05) is 10.5 Å². The van der Waals surface area contributed by atoms with Crippen molar-refractivity contribution in [3.63, 3.8) is 0 Å². The lowest BCUT2D eigenvalue weighted by Crippen LogP contribution is -2.14.